The van der Waals surface area contributed by atoms with Gasteiger partial charge in [-0.25, -0.2) is 0 Å². The van der Waals surface area contributed by atoms with Crippen LogP contribution in [-0.2, 0) is 0 Å². The molecule has 0 aliphatic heterocycles. The lowest BCUT2D eigenvalue weighted by atomic mass is 9.74. The first-order valence-electron chi connectivity index (χ1n) is 4.86. The van der Waals surface area contributed by atoms with Gasteiger partial charge in [0.15, 0.2) is 0 Å². The second-order valence-corrected chi connectivity index (χ2v) is 4.14. The molecule has 58 valence electrons. The highest BCUT2D eigenvalue weighted by molar-refractivity contribution is 5.04. The van der Waals surface area contributed by atoms with Gasteiger partial charge in [-0.15, -0.1) is 0 Å². The van der Waals surface area contributed by atoms with Gasteiger partial charge in [0.05, 0.1) is 0 Å². The molecule has 2 rings (SSSR count). The molecule has 10 heavy (non-hydrogen) atoms. The summed E-state index contributed by atoms with van der Waals surface area (Å²) in [6, 6.07) is 0. The normalized spacial score (nSPS) is 42.9. The van der Waals surface area contributed by atoms with Gasteiger partial charge < -0.3 is 0 Å². The zero-order valence-corrected chi connectivity index (χ0v) is 7.14. The fourth-order valence-electron chi connectivity index (χ4n) is 2.83. The van der Waals surface area contributed by atoms with Gasteiger partial charge in [0.2, 0.25) is 0 Å². The zero-order valence-electron chi connectivity index (χ0n) is 7.14. The summed E-state index contributed by atoms with van der Waals surface area (Å²) in [6.07, 6.45) is 6.01. The molecule has 2 saturated carbocycles. The highest BCUT2D eigenvalue weighted by atomic mass is 14.6. The van der Waals surface area contributed by atoms with E-state index < -0.39 is 0 Å². The summed E-state index contributed by atoms with van der Waals surface area (Å²) < 4.78 is 0. The monoisotopic (exact) mass is 138 g/mol. The summed E-state index contributed by atoms with van der Waals surface area (Å²) in [6.45, 7) is 4.70. The van der Waals surface area contributed by atoms with E-state index in [1.54, 1.807) is 12.8 Å². The Hall–Kier alpha value is 0. The van der Waals surface area contributed by atoms with Crippen LogP contribution in [0, 0.1) is 23.7 Å². The van der Waals surface area contributed by atoms with Gasteiger partial charge >= 0.3 is 0 Å². The van der Waals surface area contributed by atoms with E-state index in [1.165, 1.54) is 24.7 Å². The minimum Gasteiger partial charge on any atom is -0.0651 e. The van der Waals surface area contributed by atoms with Gasteiger partial charge in [-0.2, -0.15) is 0 Å². The molecule has 2 aliphatic rings. The molecule has 0 aromatic rings. The Kier molecular flexibility index (Phi) is 1.51. The first-order valence-corrected chi connectivity index (χ1v) is 4.86. The van der Waals surface area contributed by atoms with E-state index in [1.807, 2.05) is 0 Å². The van der Waals surface area contributed by atoms with Crippen LogP contribution in [0.25, 0.3) is 0 Å². The minimum absolute atomic E-state index is 1.07. The Labute approximate surface area is 64.0 Å². The third kappa shape index (κ3) is 0.810. The first kappa shape index (κ1) is 6.69. The van der Waals surface area contributed by atoms with E-state index in [0.29, 0.717) is 0 Å². The van der Waals surface area contributed by atoms with Crippen LogP contribution in [0.2, 0.25) is 0 Å². The van der Waals surface area contributed by atoms with Gasteiger partial charge in [0, 0.05) is 0 Å². The second-order valence-electron chi connectivity index (χ2n) is 4.14. The molecule has 0 radical (unpaired) electrons. The maximum Gasteiger partial charge on any atom is -0.0352 e. The largest absolute Gasteiger partial charge is 0.0651 e. The summed E-state index contributed by atoms with van der Waals surface area (Å²) in [7, 11) is 0. The van der Waals surface area contributed by atoms with Crippen LogP contribution < -0.4 is 0 Å². The molecule has 3 unspecified atom stereocenters. The van der Waals surface area contributed by atoms with Crippen LogP contribution in [0.5, 0.6) is 0 Å². The Morgan fingerprint density at radius 2 is 1.90 bits per heavy atom. The van der Waals surface area contributed by atoms with Crippen molar-refractivity contribution in [2.75, 3.05) is 0 Å². The average Bonchev–Trinajstić information content (AvgIpc) is 2.55. The van der Waals surface area contributed by atoms with Crippen LogP contribution >= 0.6 is 0 Å². The minimum atomic E-state index is 1.07. The fraction of sp³-hybridized carbons (Fsp3) is 1.00. The number of fused-ring (bicyclic) bond motifs is 1. The van der Waals surface area contributed by atoms with Crippen molar-refractivity contribution in [2.45, 2.75) is 39.5 Å². The second kappa shape index (κ2) is 2.25. The third-order valence-electron chi connectivity index (χ3n) is 3.76. The van der Waals surface area contributed by atoms with E-state index in [4.69, 9.17) is 0 Å². The maximum absolute atomic E-state index is 2.35. The lowest BCUT2D eigenvalue weighted by Gasteiger charge is -2.32. The smallest absolute Gasteiger partial charge is 0.0352 e. The lowest BCUT2D eigenvalue weighted by Crippen LogP contribution is -2.24. The third-order valence-corrected chi connectivity index (χ3v) is 3.76. The Bertz CT molecular complexity index is 124. The summed E-state index contributed by atoms with van der Waals surface area (Å²) >= 11 is 0. The van der Waals surface area contributed by atoms with Crippen LogP contribution in [-0.4, -0.2) is 0 Å². The summed E-state index contributed by atoms with van der Waals surface area (Å²) in [4.78, 5) is 0. The lowest BCUT2D eigenvalue weighted by molar-refractivity contribution is 0.177. The van der Waals surface area contributed by atoms with Gasteiger partial charge in [0.25, 0.3) is 0 Å². The molecule has 2 aliphatic carbocycles. The molecule has 0 nitrogen and oxygen atoms in total. The fourth-order valence-corrected chi connectivity index (χ4v) is 2.83. The summed E-state index contributed by atoms with van der Waals surface area (Å²) in [5.41, 5.74) is 0. The zero-order chi connectivity index (χ0) is 7.14. The van der Waals surface area contributed by atoms with E-state index in [0.717, 1.165) is 11.8 Å². The van der Waals surface area contributed by atoms with Crippen molar-refractivity contribution in [1.82, 2.24) is 0 Å². The molecule has 0 heterocycles. The van der Waals surface area contributed by atoms with Crippen LogP contribution in [0.4, 0.5) is 0 Å². The Morgan fingerprint density at radius 3 is 2.20 bits per heavy atom. The molecule has 0 saturated heterocycles. The molecule has 3 atom stereocenters. The molecule has 0 amide bonds. The van der Waals surface area contributed by atoms with Gasteiger partial charge in [0.1, 0.15) is 0 Å². The maximum atomic E-state index is 2.35. The standard InChI is InChI=1S/C10H18/c1-3-7(4-2)9-5-8-6-10(8)9/h7-10H,3-6H2,1-2H3. The summed E-state index contributed by atoms with van der Waals surface area (Å²) in [5, 5.41) is 0. The van der Waals surface area contributed by atoms with Crippen LogP contribution in [0.3, 0.4) is 0 Å². The molecule has 0 aromatic heterocycles. The first-order chi connectivity index (χ1) is 4.86. The van der Waals surface area contributed by atoms with Crippen LogP contribution in [0.1, 0.15) is 39.5 Å². The van der Waals surface area contributed by atoms with Crippen molar-refractivity contribution < 1.29 is 0 Å². The number of rotatable bonds is 3. The predicted molar refractivity (Wildman–Crippen MR) is 43.8 cm³/mol. The Morgan fingerprint density at radius 1 is 1.20 bits per heavy atom. The van der Waals surface area contributed by atoms with Crippen molar-refractivity contribution in [3.05, 3.63) is 0 Å². The SMILES string of the molecule is CCC(CC)C1CC2CC21. The van der Waals surface area contributed by atoms with Crippen molar-refractivity contribution >= 4 is 0 Å². The number of hydrogen-bond acceptors (Lipinski definition) is 0. The molecule has 0 bridgehead atoms. The van der Waals surface area contributed by atoms with E-state index in [2.05, 4.69) is 13.8 Å². The molecule has 0 N–H and O–H groups in total. The number of hydrogen-bond donors (Lipinski definition) is 0. The van der Waals surface area contributed by atoms with E-state index in [-0.39, 0.29) is 0 Å². The quantitative estimate of drug-likeness (QED) is 0.562. The van der Waals surface area contributed by atoms with Crippen molar-refractivity contribution in [1.29, 1.82) is 0 Å². The van der Waals surface area contributed by atoms with Crippen molar-refractivity contribution in [3.63, 3.8) is 0 Å². The van der Waals surface area contributed by atoms with Gasteiger partial charge in [-0.05, 0) is 36.5 Å². The van der Waals surface area contributed by atoms with Crippen molar-refractivity contribution in [2.24, 2.45) is 23.7 Å². The Balaban J connectivity index is 1.85. The summed E-state index contributed by atoms with van der Waals surface area (Å²) in [5.74, 6) is 4.62. The highest BCUT2D eigenvalue weighted by Gasteiger charge is 2.54. The molecule has 0 spiro atoms. The topological polar surface area (TPSA) is 0 Å². The average molecular weight is 138 g/mol. The van der Waals surface area contributed by atoms with Crippen LogP contribution in [0.15, 0.2) is 0 Å². The highest BCUT2D eigenvalue weighted by Crippen LogP contribution is 2.62. The van der Waals surface area contributed by atoms with E-state index in [9.17, 15) is 0 Å². The van der Waals surface area contributed by atoms with E-state index >= 15 is 0 Å². The molecular formula is C10H18. The molecule has 0 heteroatoms. The van der Waals surface area contributed by atoms with Crippen molar-refractivity contribution in [3.8, 4) is 0 Å². The van der Waals surface area contributed by atoms with Gasteiger partial charge in [-0.1, -0.05) is 26.7 Å². The molecule has 0 aromatic carbocycles. The molecule has 2 fully saturated rings. The molecular weight excluding hydrogens is 120 g/mol. The predicted octanol–water partition coefficient (Wildman–Crippen LogP) is 3.08. The van der Waals surface area contributed by atoms with Gasteiger partial charge in [-0.3, -0.25) is 0 Å².